The van der Waals surface area contributed by atoms with Crippen LogP contribution in [-0.2, 0) is 23.8 Å². The van der Waals surface area contributed by atoms with Crippen LogP contribution in [0.2, 0.25) is 0 Å². The Hall–Kier alpha value is -2.90. The maximum atomic E-state index is 13.0. The minimum Gasteiger partial charge on any atom is -0.465 e. The van der Waals surface area contributed by atoms with Crippen molar-refractivity contribution in [3.63, 3.8) is 0 Å². The second-order valence-corrected chi connectivity index (χ2v) is 21.7. The van der Waals surface area contributed by atoms with Gasteiger partial charge in [0.15, 0.2) is 6.29 Å². The highest BCUT2D eigenvalue weighted by Gasteiger charge is 2.44. The Morgan fingerprint density at radius 3 is 1.44 bits per heavy atom. The molecule has 0 aliphatic carbocycles. The third-order valence-corrected chi connectivity index (χ3v) is 14.6. The van der Waals surface area contributed by atoms with Gasteiger partial charge in [-0.25, -0.2) is 0 Å². The molecule has 11 heteroatoms. The van der Waals surface area contributed by atoms with Crippen molar-refractivity contribution in [2.45, 2.75) is 314 Å². The van der Waals surface area contributed by atoms with Crippen LogP contribution >= 0.6 is 0 Å². The summed E-state index contributed by atoms with van der Waals surface area (Å²) in [6, 6.07) is -0.839. The van der Waals surface area contributed by atoms with E-state index >= 15 is 0 Å². The Kier molecular flexibility index (Phi) is 51.5. The highest BCUT2D eigenvalue weighted by atomic mass is 16.7. The van der Waals surface area contributed by atoms with E-state index in [2.05, 4.69) is 66.9 Å². The molecule has 0 aromatic carbocycles. The molecule has 1 saturated heterocycles. The molecule has 11 nitrogen and oxygen atoms in total. The van der Waals surface area contributed by atoms with Gasteiger partial charge < -0.3 is 45.1 Å². The zero-order chi connectivity index (χ0) is 55.9. The minimum absolute atomic E-state index is 0.0506. The van der Waals surface area contributed by atoms with Gasteiger partial charge in [0.1, 0.15) is 24.4 Å². The molecule has 7 atom stereocenters. The number of aliphatic hydroxyl groups is 5. The van der Waals surface area contributed by atoms with E-state index in [1.807, 2.05) is 19.1 Å². The fourth-order valence-electron chi connectivity index (χ4n) is 9.60. The van der Waals surface area contributed by atoms with E-state index in [1.165, 1.54) is 161 Å². The molecule has 0 aromatic rings. The van der Waals surface area contributed by atoms with E-state index in [0.29, 0.717) is 25.9 Å². The molecule has 77 heavy (non-hydrogen) atoms. The first-order valence-corrected chi connectivity index (χ1v) is 31.7. The van der Waals surface area contributed by atoms with Crippen molar-refractivity contribution < 1.29 is 49.3 Å². The normalized spacial score (nSPS) is 19.1. The summed E-state index contributed by atoms with van der Waals surface area (Å²) < 4.78 is 16.6. The number of allylic oxidation sites excluding steroid dienone is 10. The Morgan fingerprint density at radius 1 is 0.506 bits per heavy atom. The molecule has 0 saturated carbocycles. The monoisotopic (exact) mass is 1080 g/mol. The average molecular weight is 1080 g/mol. The molecule has 7 unspecified atom stereocenters. The quantitative estimate of drug-likeness (QED) is 0.0195. The topological polar surface area (TPSA) is 175 Å². The summed E-state index contributed by atoms with van der Waals surface area (Å²) in [5.41, 5.74) is 0. The number of carbonyl (C=O) groups is 2. The average Bonchev–Trinajstić information content (AvgIpc) is 3.43. The summed E-state index contributed by atoms with van der Waals surface area (Å²) in [4.78, 5) is 25.1. The first kappa shape index (κ1) is 72.1. The van der Waals surface area contributed by atoms with Crippen molar-refractivity contribution >= 4 is 11.9 Å². The van der Waals surface area contributed by atoms with Gasteiger partial charge in [0.25, 0.3) is 0 Å². The van der Waals surface area contributed by atoms with E-state index in [-0.39, 0.29) is 18.5 Å². The SMILES string of the molecule is C/C=C/CC/C=C/CC/C=C/C(O)C(COC1OC(CO)C(O)C(O)C1O)NC(=O)CCCCCCCCCCCCCCCC/C=C\C/C=C\CCOC(=O)CCCCCCCCCCC/C=C\CCCCCCCC. The number of nitrogens with one attached hydrogen (secondary N) is 1. The van der Waals surface area contributed by atoms with Gasteiger partial charge in [-0.2, -0.15) is 0 Å². The van der Waals surface area contributed by atoms with Crippen LogP contribution in [0.5, 0.6) is 0 Å². The van der Waals surface area contributed by atoms with E-state index < -0.39 is 49.5 Å². The van der Waals surface area contributed by atoms with Crippen LogP contribution in [0, 0.1) is 0 Å². The molecule has 0 bridgehead atoms. The summed E-state index contributed by atoms with van der Waals surface area (Å²) in [5, 5.41) is 54.1. The van der Waals surface area contributed by atoms with E-state index in [4.69, 9.17) is 14.2 Å². The molecular weight excluding hydrogens is 967 g/mol. The highest BCUT2D eigenvalue weighted by molar-refractivity contribution is 5.76. The summed E-state index contributed by atoms with van der Waals surface area (Å²) in [6.45, 7) is 3.97. The predicted octanol–water partition coefficient (Wildman–Crippen LogP) is 15.2. The van der Waals surface area contributed by atoms with Gasteiger partial charge in [0.05, 0.1) is 32.0 Å². The van der Waals surface area contributed by atoms with Crippen LogP contribution in [0.1, 0.15) is 271 Å². The van der Waals surface area contributed by atoms with Crippen molar-refractivity contribution in [3.05, 3.63) is 72.9 Å². The summed E-state index contributed by atoms with van der Waals surface area (Å²) in [5.74, 6) is -0.256. The number of hydrogen-bond acceptors (Lipinski definition) is 10. The van der Waals surface area contributed by atoms with Crippen LogP contribution in [0.15, 0.2) is 72.9 Å². The molecule has 1 aliphatic heterocycles. The van der Waals surface area contributed by atoms with Gasteiger partial charge in [-0.05, 0) is 96.8 Å². The lowest BCUT2D eigenvalue weighted by Gasteiger charge is -2.40. The number of ether oxygens (including phenoxy) is 3. The second-order valence-electron chi connectivity index (χ2n) is 21.7. The molecule has 6 N–H and O–H groups in total. The lowest BCUT2D eigenvalue weighted by atomic mass is 9.99. The minimum atomic E-state index is -1.58. The van der Waals surface area contributed by atoms with Crippen LogP contribution in [0.4, 0.5) is 0 Å². The van der Waals surface area contributed by atoms with Crippen LogP contribution in [0.25, 0.3) is 0 Å². The van der Waals surface area contributed by atoms with Crippen LogP contribution < -0.4 is 5.32 Å². The molecule has 446 valence electrons. The van der Waals surface area contributed by atoms with Gasteiger partial charge in [-0.1, -0.05) is 234 Å². The van der Waals surface area contributed by atoms with Gasteiger partial charge in [-0.15, -0.1) is 0 Å². The Labute approximate surface area is 471 Å². The number of amides is 1. The zero-order valence-electron chi connectivity index (χ0n) is 49.2. The Balaban J connectivity index is 2.00. The van der Waals surface area contributed by atoms with Crippen molar-refractivity contribution in [1.29, 1.82) is 0 Å². The fraction of sp³-hybridized carbons (Fsp3) is 0.788. The number of carbonyl (C=O) groups excluding carboxylic acids is 2. The number of hydrogen-bond donors (Lipinski definition) is 6. The lowest BCUT2D eigenvalue weighted by Crippen LogP contribution is -2.60. The van der Waals surface area contributed by atoms with Gasteiger partial charge >= 0.3 is 5.97 Å². The summed E-state index contributed by atoms with van der Waals surface area (Å²) in [7, 11) is 0. The number of esters is 1. The Morgan fingerprint density at radius 2 is 0.935 bits per heavy atom. The number of unbranched alkanes of at least 4 members (excludes halogenated alkanes) is 31. The first-order valence-electron chi connectivity index (χ1n) is 31.7. The molecule has 1 amide bonds. The second kappa shape index (κ2) is 55.0. The predicted molar refractivity (Wildman–Crippen MR) is 319 cm³/mol. The van der Waals surface area contributed by atoms with Gasteiger partial charge in [0, 0.05) is 12.8 Å². The van der Waals surface area contributed by atoms with Crippen molar-refractivity contribution in [2.75, 3.05) is 19.8 Å². The molecule has 0 aromatic heterocycles. The lowest BCUT2D eigenvalue weighted by molar-refractivity contribution is -0.302. The largest absolute Gasteiger partial charge is 0.465 e. The van der Waals surface area contributed by atoms with Gasteiger partial charge in [-0.3, -0.25) is 9.59 Å². The molecule has 1 heterocycles. The van der Waals surface area contributed by atoms with Crippen molar-refractivity contribution in [3.8, 4) is 0 Å². The van der Waals surface area contributed by atoms with Crippen molar-refractivity contribution in [2.24, 2.45) is 0 Å². The number of aliphatic hydroxyl groups excluding tert-OH is 5. The maximum Gasteiger partial charge on any atom is 0.305 e. The first-order chi connectivity index (χ1) is 37.7. The molecule has 0 spiro atoms. The molecule has 1 fully saturated rings. The van der Waals surface area contributed by atoms with E-state index in [9.17, 15) is 35.1 Å². The molecule has 0 radical (unpaired) electrons. The van der Waals surface area contributed by atoms with Crippen LogP contribution in [-0.4, -0.2) is 100 Å². The van der Waals surface area contributed by atoms with Crippen LogP contribution in [0.3, 0.4) is 0 Å². The summed E-state index contributed by atoms with van der Waals surface area (Å²) >= 11 is 0. The summed E-state index contributed by atoms with van der Waals surface area (Å²) in [6.07, 6.45) is 63.5. The molecule has 1 aliphatic rings. The highest BCUT2D eigenvalue weighted by Crippen LogP contribution is 2.23. The maximum absolute atomic E-state index is 13.0. The van der Waals surface area contributed by atoms with Crippen molar-refractivity contribution in [1.82, 2.24) is 5.32 Å². The fourth-order valence-corrected chi connectivity index (χ4v) is 9.60. The molecule has 1 rings (SSSR count). The van der Waals surface area contributed by atoms with E-state index in [1.54, 1.807) is 6.08 Å². The Bertz CT molecular complexity index is 1510. The zero-order valence-corrected chi connectivity index (χ0v) is 49.2. The number of rotatable bonds is 54. The standard InChI is InChI=1S/C66H117NO10/c1-3-5-7-9-11-13-14-15-16-17-21-25-28-31-34-38-42-46-50-54-62(71)75-55-51-47-43-39-35-32-29-26-23-20-18-19-22-24-27-30-33-37-41-45-49-53-61(70)67-58(59(69)52-48-44-40-36-12-10-8-6-4-2)57-76-66-65(74)64(73)63(72)60(56-68)77-66/h4,6,12,15-16,32,35-36,43,47-48,52,58-60,63-66,68-69,72-74H,3,5,7-11,13-14,17-31,33-34,37-42,44-46,49-51,53-57H2,1-2H3,(H,67,70)/b6-4+,16-15-,35-32-,36-12+,47-43-,52-48+. The third kappa shape index (κ3) is 44.5. The van der Waals surface area contributed by atoms with E-state index in [0.717, 1.165) is 77.0 Å². The smallest absolute Gasteiger partial charge is 0.305 e. The third-order valence-electron chi connectivity index (χ3n) is 14.6. The van der Waals surface area contributed by atoms with Gasteiger partial charge in [0.2, 0.25) is 5.91 Å². The molecular formula is C66H117NO10.